The van der Waals surface area contributed by atoms with Gasteiger partial charge in [0.15, 0.2) is 5.78 Å². The Bertz CT molecular complexity index is 912. The molecule has 0 bridgehead atoms. The van der Waals surface area contributed by atoms with Crippen LogP contribution in [0.25, 0.3) is 0 Å². The first-order valence-electron chi connectivity index (χ1n) is 7.33. The maximum atomic E-state index is 12.1. The average Bonchev–Trinajstić information content (AvgIpc) is 2.58. The molecule has 0 fully saturated rings. The molecule has 2 aromatic rings. The predicted octanol–water partition coefficient (Wildman–Crippen LogP) is 3.01. The van der Waals surface area contributed by atoms with Crippen LogP contribution in [0, 0.1) is 11.8 Å². The molecule has 0 aliphatic carbocycles. The summed E-state index contributed by atoms with van der Waals surface area (Å²) in [7, 11) is -3.66. The van der Waals surface area contributed by atoms with E-state index in [9.17, 15) is 13.2 Å². The molecule has 130 valence electrons. The van der Waals surface area contributed by atoms with Crippen LogP contribution in [0.4, 0.5) is 0 Å². The Morgan fingerprint density at radius 2 is 1.88 bits per heavy atom. The van der Waals surface area contributed by atoms with Crippen LogP contribution in [0.15, 0.2) is 57.9 Å². The zero-order chi connectivity index (χ0) is 18.3. The van der Waals surface area contributed by atoms with E-state index in [-0.39, 0.29) is 23.8 Å². The second-order valence-electron chi connectivity index (χ2n) is 5.00. The standard InChI is InChI=1S/C18H16BrNO4S/c1-14(21)15-7-9-18(10-8-15)25(22,23)20-11-2-3-12-24-17-6-4-5-16(19)13-17/h4-10,13,20H,11-12H2,1H3. The van der Waals surface area contributed by atoms with E-state index in [1.807, 2.05) is 18.2 Å². The minimum Gasteiger partial charge on any atom is -0.481 e. The number of sulfonamides is 1. The number of halogens is 1. The molecule has 0 amide bonds. The monoisotopic (exact) mass is 421 g/mol. The van der Waals surface area contributed by atoms with Gasteiger partial charge in [0.25, 0.3) is 0 Å². The lowest BCUT2D eigenvalue weighted by atomic mass is 10.2. The summed E-state index contributed by atoms with van der Waals surface area (Å²) in [5.74, 6) is 6.00. The summed E-state index contributed by atoms with van der Waals surface area (Å²) < 4.78 is 32.9. The van der Waals surface area contributed by atoms with Crippen molar-refractivity contribution in [1.29, 1.82) is 0 Å². The van der Waals surface area contributed by atoms with Crippen LogP contribution >= 0.6 is 15.9 Å². The quantitative estimate of drug-likeness (QED) is 0.574. The van der Waals surface area contributed by atoms with Gasteiger partial charge in [0.1, 0.15) is 12.4 Å². The summed E-state index contributed by atoms with van der Waals surface area (Å²) in [6.07, 6.45) is 0. The van der Waals surface area contributed by atoms with Gasteiger partial charge < -0.3 is 4.74 Å². The lowest BCUT2D eigenvalue weighted by Crippen LogP contribution is -2.24. The van der Waals surface area contributed by atoms with Gasteiger partial charge >= 0.3 is 0 Å². The largest absolute Gasteiger partial charge is 0.481 e. The number of nitrogens with one attached hydrogen (secondary N) is 1. The molecular weight excluding hydrogens is 406 g/mol. The van der Waals surface area contributed by atoms with E-state index in [1.165, 1.54) is 31.2 Å². The number of rotatable bonds is 6. The smallest absolute Gasteiger partial charge is 0.241 e. The fourth-order valence-corrected chi connectivity index (χ4v) is 3.17. The van der Waals surface area contributed by atoms with Gasteiger partial charge in [-0.25, -0.2) is 8.42 Å². The molecule has 0 atom stereocenters. The number of hydrogen-bond donors (Lipinski definition) is 1. The van der Waals surface area contributed by atoms with Crippen molar-refractivity contribution < 1.29 is 17.9 Å². The lowest BCUT2D eigenvalue weighted by molar-refractivity contribution is 0.101. The second kappa shape index (κ2) is 8.81. The molecule has 0 heterocycles. The molecule has 2 aromatic carbocycles. The van der Waals surface area contributed by atoms with Gasteiger partial charge in [-0.15, -0.1) is 0 Å². The topological polar surface area (TPSA) is 72.5 Å². The summed E-state index contributed by atoms with van der Waals surface area (Å²) >= 11 is 3.34. The minimum absolute atomic E-state index is 0.0291. The first kappa shape index (κ1) is 19.2. The van der Waals surface area contributed by atoms with E-state index in [2.05, 4.69) is 32.5 Å². The van der Waals surface area contributed by atoms with E-state index in [0.29, 0.717) is 11.3 Å². The highest BCUT2D eigenvalue weighted by Crippen LogP contribution is 2.17. The Kier molecular flexibility index (Phi) is 6.76. The van der Waals surface area contributed by atoms with Gasteiger partial charge in [-0.2, -0.15) is 4.72 Å². The van der Waals surface area contributed by atoms with Crippen LogP contribution < -0.4 is 9.46 Å². The fraction of sp³-hybridized carbons (Fsp3) is 0.167. The van der Waals surface area contributed by atoms with Crippen molar-refractivity contribution in [2.75, 3.05) is 13.2 Å². The molecule has 1 N–H and O–H groups in total. The van der Waals surface area contributed by atoms with Crippen LogP contribution in [0.2, 0.25) is 0 Å². The van der Waals surface area contributed by atoms with Gasteiger partial charge in [0, 0.05) is 10.0 Å². The van der Waals surface area contributed by atoms with Crippen molar-refractivity contribution in [3.8, 4) is 17.6 Å². The Labute approximate surface area is 155 Å². The van der Waals surface area contributed by atoms with Crippen LogP contribution in [0.3, 0.4) is 0 Å². The van der Waals surface area contributed by atoms with Gasteiger partial charge in [0.2, 0.25) is 10.0 Å². The van der Waals surface area contributed by atoms with E-state index >= 15 is 0 Å². The molecular formula is C18H16BrNO4S. The van der Waals surface area contributed by atoms with Crippen molar-refractivity contribution >= 4 is 31.7 Å². The maximum Gasteiger partial charge on any atom is 0.241 e. The molecule has 0 radical (unpaired) electrons. The molecule has 2 rings (SSSR count). The Morgan fingerprint density at radius 3 is 2.52 bits per heavy atom. The van der Waals surface area contributed by atoms with Crippen molar-refractivity contribution in [1.82, 2.24) is 4.72 Å². The van der Waals surface area contributed by atoms with Gasteiger partial charge in [-0.05, 0) is 37.3 Å². The van der Waals surface area contributed by atoms with Crippen molar-refractivity contribution in [2.45, 2.75) is 11.8 Å². The molecule has 0 aromatic heterocycles. The van der Waals surface area contributed by atoms with Crippen LogP contribution in [0.1, 0.15) is 17.3 Å². The third kappa shape index (κ3) is 6.02. The molecule has 0 saturated carbocycles. The first-order valence-corrected chi connectivity index (χ1v) is 9.61. The number of ether oxygens (including phenoxy) is 1. The molecule has 7 heteroatoms. The highest BCUT2D eigenvalue weighted by Gasteiger charge is 2.12. The molecule has 5 nitrogen and oxygen atoms in total. The third-order valence-electron chi connectivity index (χ3n) is 3.15. The van der Waals surface area contributed by atoms with Crippen molar-refractivity contribution in [2.24, 2.45) is 0 Å². The maximum absolute atomic E-state index is 12.1. The number of benzene rings is 2. The second-order valence-corrected chi connectivity index (χ2v) is 7.69. The summed E-state index contributed by atoms with van der Waals surface area (Å²) in [5, 5.41) is 0. The fourth-order valence-electron chi connectivity index (χ4n) is 1.87. The number of carbonyl (C=O) groups excluding carboxylic acids is 1. The summed E-state index contributed by atoms with van der Waals surface area (Å²) in [5.41, 5.74) is 0.462. The van der Waals surface area contributed by atoms with Crippen molar-refractivity contribution in [3.63, 3.8) is 0 Å². The Hall–Kier alpha value is -2.14. The average molecular weight is 422 g/mol. The van der Waals surface area contributed by atoms with Gasteiger partial charge in [0.05, 0.1) is 11.4 Å². The van der Waals surface area contributed by atoms with Crippen LogP contribution in [-0.4, -0.2) is 27.4 Å². The molecule has 0 spiro atoms. The molecule has 0 saturated heterocycles. The highest BCUT2D eigenvalue weighted by atomic mass is 79.9. The Morgan fingerprint density at radius 1 is 1.16 bits per heavy atom. The molecule has 25 heavy (non-hydrogen) atoms. The summed E-state index contributed by atoms with van der Waals surface area (Å²) in [4.78, 5) is 11.3. The molecule has 0 aliphatic heterocycles. The summed E-state index contributed by atoms with van der Waals surface area (Å²) in [6.45, 7) is 1.55. The zero-order valence-corrected chi connectivity index (χ0v) is 15.9. The lowest BCUT2D eigenvalue weighted by Gasteiger charge is -2.04. The number of hydrogen-bond acceptors (Lipinski definition) is 4. The number of ketones is 1. The number of Topliss-reactive ketones (excluding diaryl/α,β-unsaturated/α-hetero) is 1. The predicted molar refractivity (Wildman–Crippen MR) is 99.0 cm³/mol. The zero-order valence-electron chi connectivity index (χ0n) is 13.5. The highest BCUT2D eigenvalue weighted by molar-refractivity contribution is 9.10. The summed E-state index contributed by atoms with van der Waals surface area (Å²) in [6, 6.07) is 13.1. The first-order chi connectivity index (χ1) is 11.9. The van der Waals surface area contributed by atoms with E-state index < -0.39 is 10.0 Å². The van der Waals surface area contributed by atoms with Gasteiger partial charge in [-0.1, -0.05) is 46.0 Å². The Balaban J connectivity index is 1.85. The van der Waals surface area contributed by atoms with Crippen molar-refractivity contribution in [3.05, 3.63) is 58.6 Å². The van der Waals surface area contributed by atoms with Crippen LogP contribution in [-0.2, 0) is 10.0 Å². The SMILES string of the molecule is CC(=O)c1ccc(S(=O)(=O)NCC#CCOc2cccc(Br)c2)cc1. The van der Waals surface area contributed by atoms with E-state index in [0.717, 1.165) is 4.47 Å². The molecule has 0 unspecified atom stereocenters. The van der Waals surface area contributed by atoms with E-state index in [4.69, 9.17) is 4.74 Å². The van der Waals surface area contributed by atoms with Gasteiger partial charge in [-0.3, -0.25) is 4.79 Å². The van der Waals surface area contributed by atoms with E-state index in [1.54, 1.807) is 6.07 Å². The number of carbonyl (C=O) groups is 1. The van der Waals surface area contributed by atoms with Crippen LogP contribution in [0.5, 0.6) is 5.75 Å². The molecule has 0 aliphatic rings. The third-order valence-corrected chi connectivity index (χ3v) is 5.06. The minimum atomic E-state index is -3.66. The normalized spacial score (nSPS) is 10.6.